The Balaban J connectivity index is 2.76. The van der Waals surface area contributed by atoms with Crippen LogP contribution in [0.3, 0.4) is 0 Å². The summed E-state index contributed by atoms with van der Waals surface area (Å²) in [7, 11) is 0. The van der Waals surface area contributed by atoms with Gasteiger partial charge in [-0.1, -0.05) is 60.8 Å². The van der Waals surface area contributed by atoms with Gasteiger partial charge in [-0.25, -0.2) is 0 Å². The van der Waals surface area contributed by atoms with Crippen molar-refractivity contribution in [3.05, 3.63) is 0 Å². The molecule has 0 heterocycles. The molecule has 0 radical (unpaired) electrons. The largest absolute Gasteiger partial charge is 0.396 e. The highest BCUT2D eigenvalue weighted by Gasteiger charge is 2.39. The van der Waals surface area contributed by atoms with Crippen molar-refractivity contribution in [3.63, 3.8) is 0 Å². The Morgan fingerprint density at radius 1 is 1.00 bits per heavy atom. The first-order valence-electron chi connectivity index (χ1n) is 10.1. The Kier molecular flexibility index (Phi) is 9.15. The van der Waals surface area contributed by atoms with Crippen molar-refractivity contribution >= 4 is 0 Å². The second-order valence-electron chi connectivity index (χ2n) is 9.10. The van der Waals surface area contributed by atoms with Gasteiger partial charge in [0.1, 0.15) is 0 Å². The summed E-state index contributed by atoms with van der Waals surface area (Å²) in [4.78, 5) is 0. The van der Waals surface area contributed by atoms with Gasteiger partial charge in [0, 0.05) is 6.61 Å². The molecular formula is C21H42O2. The summed E-state index contributed by atoms with van der Waals surface area (Å²) in [5.41, 5.74) is 0. The summed E-state index contributed by atoms with van der Waals surface area (Å²) in [6, 6.07) is 0. The smallest absolute Gasteiger partial charge is 0.0571 e. The van der Waals surface area contributed by atoms with E-state index >= 15 is 0 Å². The van der Waals surface area contributed by atoms with Crippen LogP contribution in [0.4, 0.5) is 0 Å². The second-order valence-corrected chi connectivity index (χ2v) is 9.10. The van der Waals surface area contributed by atoms with Crippen molar-refractivity contribution in [1.29, 1.82) is 0 Å². The van der Waals surface area contributed by atoms with Gasteiger partial charge in [0.2, 0.25) is 0 Å². The van der Waals surface area contributed by atoms with Crippen molar-refractivity contribution in [2.24, 2.45) is 41.4 Å². The van der Waals surface area contributed by atoms with Crippen LogP contribution in [0.1, 0.15) is 80.1 Å². The van der Waals surface area contributed by atoms with E-state index in [0.29, 0.717) is 17.8 Å². The lowest BCUT2D eigenvalue weighted by atomic mass is 9.61. The Bertz CT molecular complexity index is 313. The highest BCUT2D eigenvalue weighted by atomic mass is 16.3. The summed E-state index contributed by atoms with van der Waals surface area (Å²) >= 11 is 0. The molecule has 2 nitrogen and oxygen atoms in total. The van der Waals surface area contributed by atoms with Crippen molar-refractivity contribution in [1.82, 2.24) is 0 Å². The molecule has 1 aliphatic carbocycles. The molecule has 6 atom stereocenters. The SMILES string of the molecule is CC(C)CCC1CCCC(C(C)C(O)CC(C)CO)C1C(C)C. The normalized spacial score (nSPS) is 29.7. The molecule has 1 rings (SSSR count). The number of aliphatic hydroxyl groups excluding tert-OH is 2. The molecule has 0 aromatic heterocycles. The van der Waals surface area contributed by atoms with Gasteiger partial charge in [-0.15, -0.1) is 0 Å². The fourth-order valence-corrected chi connectivity index (χ4v) is 4.87. The van der Waals surface area contributed by atoms with Gasteiger partial charge in [-0.05, 0) is 60.7 Å². The van der Waals surface area contributed by atoms with Crippen LogP contribution in [0.2, 0.25) is 0 Å². The van der Waals surface area contributed by atoms with Crippen LogP contribution in [0, 0.1) is 41.4 Å². The Morgan fingerprint density at radius 2 is 1.65 bits per heavy atom. The molecule has 138 valence electrons. The molecule has 2 heteroatoms. The third-order valence-corrected chi connectivity index (χ3v) is 6.27. The van der Waals surface area contributed by atoms with E-state index in [4.69, 9.17) is 0 Å². The topological polar surface area (TPSA) is 40.5 Å². The zero-order valence-electron chi connectivity index (χ0n) is 16.5. The lowest BCUT2D eigenvalue weighted by Gasteiger charge is -2.45. The first kappa shape index (κ1) is 21.0. The summed E-state index contributed by atoms with van der Waals surface area (Å²) < 4.78 is 0. The third-order valence-electron chi connectivity index (χ3n) is 6.27. The molecular weight excluding hydrogens is 284 g/mol. The fraction of sp³-hybridized carbons (Fsp3) is 1.00. The molecule has 0 spiro atoms. The van der Waals surface area contributed by atoms with Crippen LogP contribution in [0.5, 0.6) is 0 Å². The lowest BCUT2D eigenvalue weighted by Crippen LogP contribution is -2.40. The summed E-state index contributed by atoms with van der Waals surface area (Å²) in [6.45, 7) is 13.9. The molecule has 1 saturated carbocycles. The molecule has 0 aromatic rings. The number of aliphatic hydroxyl groups is 2. The highest BCUT2D eigenvalue weighted by Crippen LogP contribution is 2.46. The molecule has 1 aliphatic rings. The van der Waals surface area contributed by atoms with Crippen LogP contribution in [-0.2, 0) is 0 Å². The van der Waals surface area contributed by atoms with E-state index in [0.717, 1.165) is 24.2 Å². The number of hydrogen-bond acceptors (Lipinski definition) is 2. The molecule has 2 N–H and O–H groups in total. The maximum Gasteiger partial charge on any atom is 0.0571 e. The first-order chi connectivity index (χ1) is 10.8. The highest BCUT2D eigenvalue weighted by molar-refractivity contribution is 4.89. The molecule has 0 amide bonds. The average molecular weight is 327 g/mol. The standard InChI is InChI=1S/C21H42O2/c1-14(2)10-11-18-8-7-9-19(21(18)15(3)4)17(6)20(23)12-16(5)13-22/h14-23H,7-13H2,1-6H3. The van der Waals surface area contributed by atoms with E-state index in [1.54, 1.807) is 0 Å². The van der Waals surface area contributed by atoms with E-state index in [-0.39, 0.29) is 18.6 Å². The minimum absolute atomic E-state index is 0.180. The lowest BCUT2D eigenvalue weighted by molar-refractivity contribution is -0.00994. The second kappa shape index (κ2) is 10.0. The molecule has 23 heavy (non-hydrogen) atoms. The van der Waals surface area contributed by atoms with Gasteiger partial charge < -0.3 is 10.2 Å². The number of hydrogen-bond donors (Lipinski definition) is 2. The molecule has 0 aromatic carbocycles. The number of rotatable bonds is 9. The van der Waals surface area contributed by atoms with Crippen LogP contribution in [0.25, 0.3) is 0 Å². The van der Waals surface area contributed by atoms with Crippen molar-refractivity contribution in [2.75, 3.05) is 6.61 Å². The van der Waals surface area contributed by atoms with E-state index in [9.17, 15) is 10.2 Å². The minimum Gasteiger partial charge on any atom is -0.396 e. The van der Waals surface area contributed by atoms with Crippen molar-refractivity contribution in [2.45, 2.75) is 86.2 Å². The van der Waals surface area contributed by atoms with Crippen LogP contribution >= 0.6 is 0 Å². The maximum atomic E-state index is 10.7. The summed E-state index contributed by atoms with van der Waals surface area (Å²) in [6.07, 6.45) is 7.12. The van der Waals surface area contributed by atoms with E-state index in [1.807, 2.05) is 6.92 Å². The predicted molar refractivity (Wildman–Crippen MR) is 99.3 cm³/mol. The molecule has 6 unspecified atom stereocenters. The van der Waals surface area contributed by atoms with Crippen LogP contribution in [0.15, 0.2) is 0 Å². The Hall–Kier alpha value is -0.0800. The van der Waals surface area contributed by atoms with Gasteiger partial charge in [0.15, 0.2) is 0 Å². The fourth-order valence-electron chi connectivity index (χ4n) is 4.87. The van der Waals surface area contributed by atoms with Gasteiger partial charge in [0.25, 0.3) is 0 Å². The monoisotopic (exact) mass is 326 g/mol. The van der Waals surface area contributed by atoms with Crippen LogP contribution < -0.4 is 0 Å². The average Bonchev–Trinajstić information content (AvgIpc) is 2.51. The van der Waals surface area contributed by atoms with E-state index in [1.165, 1.54) is 32.1 Å². The van der Waals surface area contributed by atoms with E-state index in [2.05, 4.69) is 34.6 Å². The first-order valence-corrected chi connectivity index (χ1v) is 10.1. The Morgan fingerprint density at radius 3 is 2.17 bits per heavy atom. The van der Waals surface area contributed by atoms with Gasteiger partial charge in [-0.2, -0.15) is 0 Å². The van der Waals surface area contributed by atoms with Crippen LogP contribution in [-0.4, -0.2) is 22.9 Å². The maximum absolute atomic E-state index is 10.7. The molecule has 0 saturated heterocycles. The molecule has 1 fully saturated rings. The van der Waals surface area contributed by atoms with Gasteiger partial charge in [-0.3, -0.25) is 0 Å². The van der Waals surface area contributed by atoms with Crippen molar-refractivity contribution < 1.29 is 10.2 Å². The van der Waals surface area contributed by atoms with Crippen molar-refractivity contribution in [3.8, 4) is 0 Å². The quantitative estimate of drug-likeness (QED) is 0.617. The van der Waals surface area contributed by atoms with E-state index < -0.39 is 0 Å². The predicted octanol–water partition coefficient (Wildman–Crippen LogP) is 5.13. The third kappa shape index (κ3) is 6.38. The summed E-state index contributed by atoms with van der Waals surface area (Å²) in [5, 5.41) is 19.9. The molecule has 0 aliphatic heterocycles. The minimum atomic E-state index is -0.271. The zero-order valence-corrected chi connectivity index (χ0v) is 16.5. The summed E-state index contributed by atoms with van der Waals surface area (Å²) in [5.74, 6) is 4.25. The Labute approximate surface area is 145 Å². The van der Waals surface area contributed by atoms with Gasteiger partial charge >= 0.3 is 0 Å². The van der Waals surface area contributed by atoms with Gasteiger partial charge in [0.05, 0.1) is 6.10 Å². The molecule has 0 bridgehead atoms. The zero-order chi connectivity index (χ0) is 17.6.